The van der Waals surface area contributed by atoms with E-state index in [1.165, 1.54) is 11.3 Å². The van der Waals surface area contributed by atoms with Gasteiger partial charge >= 0.3 is 6.03 Å². The van der Waals surface area contributed by atoms with Crippen molar-refractivity contribution in [1.82, 2.24) is 15.1 Å². The van der Waals surface area contributed by atoms with Gasteiger partial charge in [-0.05, 0) is 37.1 Å². The molecule has 0 aliphatic carbocycles. The van der Waals surface area contributed by atoms with Crippen LogP contribution in [0.2, 0.25) is 0 Å². The molecule has 0 aromatic heterocycles. The largest absolute Gasteiger partial charge is 0.497 e. The lowest BCUT2D eigenvalue weighted by Crippen LogP contribution is -2.53. The molecule has 30 heavy (non-hydrogen) atoms. The molecule has 2 aromatic rings. The molecule has 6 nitrogen and oxygen atoms in total. The van der Waals surface area contributed by atoms with Gasteiger partial charge in [-0.25, -0.2) is 4.79 Å². The Balaban J connectivity index is 1.33. The molecular weight excluding hydrogens is 376 g/mol. The number of urea groups is 1. The quantitative estimate of drug-likeness (QED) is 0.825. The summed E-state index contributed by atoms with van der Waals surface area (Å²) in [6.07, 6.45) is 1.09. The Morgan fingerprint density at radius 3 is 2.70 bits per heavy atom. The van der Waals surface area contributed by atoms with E-state index in [9.17, 15) is 4.79 Å². The molecule has 6 heteroatoms. The average Bonchev–Trinajstić information content (AvgIpc) is 3.27. The first-order chi connectivity index (χ1) is 14.6. The lowest BCUT2D eigenvalue weighted by atomic mass is 10.0. The number of nitrogens with zero attached hydrogens (tertiary/aromatic N) is 3. The van der Waals surface area contributed by atoms with Crippen LogP contribution in [0.15, 0.2) is 54.6 Å². The number of piperazine rings is 1. The van der Waals surface area contributed by atoms with Crippen LogP contribution in [0.25, 0.3) is 0 Å². The van der Waals surface area contributed by atoms with Gasteiger partial charge in [-0.2, -0.15) is 0 Å². The van der Waals surface area contributed by atoms with Crippen molar-refractivity contribution in [3.05, 3.63) is 60.2 Å². The van der Waals surface area contributed by atoms with Crippen molar-refractivity contribution >= 4 is 11.7 Å². The Morgan fingerprint density at radius 1 is 1.07 bits per heavy atom. The minimum Gasteiger partial charge on any atom is -0.497 e. The van der Waals surface area contributed by atoms with E-state index in [4.69, 9.17) is 4.74 Å². The van der Waals surface area contributed by atoms with Crippen LogP contribution in [0.3, 0.4) is 0 Å². The Morgan fingerprint density at radius 2 is 1.90 bits per heavy atom. The summed E-state index contributed by atoms with van der Waals surface area (Å²) in [6.45, 7) is 5.21. The molecule has 2 aliphatic heterocycles. The van der Waals surface area contributed by atoms with E-state index in [-0.39, 0.29) is 12.1 Å². The van der Waals surface area contributed by atoms with Gasteiger partial charge in [0.15, 0.2) is 0 Å². The predicted octanol–water partition coefficient (Wildman–Crippen LogP) is 3.22. The number of nitrogens with one attached hydrogen (secondary N) is 1. The van der Waals surface area contributed by atoms with Crippen molar-refractivity contribution in [2.75, 3.05) is 58.3 Å². The minimum atomic E-state index is 0.0526. The van der Waals surface area contributed by atoms with Gasteiger partial charge in [-0.15, -0.1) is 0 Å². The van der Waals surface area contributed by atoms with Gasteiger partial charge in [0.25, 0.3) is 0 Å². The Labute approximate surface area is 179 Å². The molecule has 2 heterocycles. The number of ether oxygens (including phenoxy) is 1. The second-order valence-corrected chi connectivity index (χ2v) is 8.37. The van der Waals surface area contributed by atoms with E-state index in [1.807, 2.05) is 35.2 Å². The highest BCUT2D eigenvalue weighted by Gasteiger charge is 2.31. The molecule has 2 unspecified atom stereocenters. The molecule has 2 atom stereocenters. The standard InChI is InChI=1S/C24H32N4O2/c1-26-13-14-28(23(18-26)20-7-4-3-5-8-20)24(29)25-16-19-11-12-27(17-19)21-9-6-10-22(15-21)30-2/h3-10,15,19,23H,11-14,16-18H2,1-2H3,(H,25,29). The summed E-state index contributed by atoms with van der Waals surface area (Å²) < 4.78 is 5.35. The second kappa shape index (κ2) is 9.39. The molecule has 2 fully saturated rings. The molecule has 160 valence electrons. The normalized spacial score (nSPS) is 22.2. The van der Waals surface area contributed by atoms with Gasteiger partial charge in [-0.3, -0.25) is 0 Å². The third kappa shape index (κ3) is 4.70. The van der Waals surface area contributed by atoms with Crippen molar-refractivity contribution in [3.8, 4) is 5.75 Å². The van der Waals surface area contributed by atoms with Crippen molar-refractivity contribution in [2.45, 2.75) is 12.5 Å². The average molecular weight is 409 g/mol. The summed E-state index contributed by atoms with van der Waals surface area (Å²) in [4.78, 5) is 19.7. The van der Waals surface area contributed by atoms with Crippen LogP contribution in [0, 0.1) is 5.92 Å². The van der Waals surface area contributed by atoms with E-state index in [0.29, 0.717) is 12.5 Å². The number of hydrogen-bond donors (Lipinski definition) is 1. The van der Waals surface area contributed by atoms with Crippen LogP contribution in [-0.4, -0.2) is 69.3 Å². The third-order valence-corrected chi connectivity index (χ3v) is 6.27. The topological polar surface area (TPSA) is 48.1 Å². The number of carbonyl (C=O) groups excluding carboxylic acids is 1. The van der Waals surface area contributed by atoms with Gasteiger partial charge in [0, 0.05) is 51.0 Å². The van der Waals surface area contributed by atoms with Crippen molar-refractivity contribution in [3.63, 3.8) is 0 Å². The fourth-order valence-corrected chi connectivity index (χ4v) is 4.50. The Hall–Kier alpha value is -2.73. The molecule has 2 amide bonds. The van der Waals surface area contributed by atoms with E-state index in [2.05, 4.69) is 46.4 Å². The van der Waals surface area contributed by atoms with Crippen LogP contribution in [0.1, 0.15) is 18.0 Å². The third-order valence-electron chi connectivity index (χ3n) is 6.27. The van der Waals surface area contributed by atoms with E-state index >= 15 is 0 Å². The van der Waals surface area contributed by atoms with Gasteiger partial charge in [0.05, 0.1) is 13.2 Å². The summed E-state index contributed by atoms with van der Waals surface area (Å²) in [5.74, 6) is 1.34. The molecular formula is C24H32N4O2. The molecule has 0 spiro atoms. The number of amides is 2. The van der Waals surface area contributed by atoms with Crippen LogP contribution in [0.4, 0.5) is 10.5 Å². The summed E-state index contributed by atoms with van der Waals surface area (Å²) in [5, 5.41) is 3.22. The molecule has 2 saturated heterocycles. The number of likely N-dealkylation sites (N-methyl/N-ethyl adjacent to an activating group) is 1. The zero-order valence-electron chi connectivity index (χ0n) is 18.0. The van der Waals surface area contributed by atoms with Crippen molar-refractivity contribution in [1.29, 1.82) is 0 Å². The first-order valence-electron chi connectivity index (χ1n) is 10.8. The maximum absolute atomic E-state index is 13.0. The lowest BCUT2D eigenvalue weighted by Gasteiger charge is -2.40. The van der Waals surface area contributed by atoms with Gasteiger partial charge in [0.2, 0.25) is 0 Å². The highest BCUT2D eigenvalue weighted by atomic mass is 16.5. The van der Waals surface area contributed by atoms with Crippen LogP contribution < -0.4 is 15.0 Å². The molecule has 1 N–H and O–H groups in total. The Bertz CT molecular complexity index is 844. The number of rotatable bonds is 5. The summed E-state index contributed by atoms with van der Waals surface area (Å²) in [5.41, 5.74) is 2.38. The number of anilines is 1. The summed E-state index contributed by atoms with van der Waals surface area (Å²) in [6, 6.07) is 18.7. The smallest absolute Gasteiger partial charge is 0.318 e. The molecule has 0 radical (unpaired) electrons. The van der Waals surface area contributed by atoms with Gasteiger partial charge < -0.3 is 24.8 Å². The SMILES string of the molecule is COc1cccc(N2CCC(CNC(=O)N3CCN(C)CC3c3ccccc3)C2)c1. The van der Waals surface area contributed by atoms with Crippen LogP contribution in [0.5, 0.6) is 5.75 Å². The minimum absolute atomic E-state index is 0.0526. The Kier molecular flexibility index (Phi) is 6.43. The molecule has 0 saturated carbocycles. The van der Waals surface area contributed by atoms with Crippen LogP contribution in [-0.2, 0) is 0 Å². The number of benzene rings is 2. The fourth-order valence-electron chi connectivity index (χ4n) is 4.50. The first kappa shape index (κ1) is 20.5. The number of hydrogen-bond acceptors (Lipinski definition) is 4. The zero-order valence-corrected chi connectivity index (χ0v) is 18.0. The molecule has 4 rings (SSSR count). The van der Waals surface area contributed by atoms with E-state index in [0.717, 1.165) is 44.9 Å². The van der Waals surface area contributed by atoms with Gasteiger partial charge in [0.1, 0.15) is 5.75 Å². The highest BCUT2D eigenvalue weighted by Crippen LogP contribution is 2.27. The van der Waals surface area contributed by atoms with Crippen molar-refractivity contribution < 1.29 is 9.53 Å². The number of methoxy groups -OCH3 is 1. The molecule has 0 bridgehead atoms. The van der Waals surface area contributed by atoms with E-state index < -0.39 is 0 Å². The zero-order chi connectivity index (χ0) is 20.9. The predicted molar refractivity (Wildman–Crippen MR) is 120 cm³/mol. The summed E-state index contributed by atoms with van der Waals surface area (Å²) in [7, 11) is 3.82. The monoisotopic (exact) mass is 408 g/mol. The molecule has 2 aromatic carbocycles. The van der Waals surface area contributed by atoms with Crippen LogP contribution >= 0.6 is 0 Å². The van der Waals surface area contributed by atoms with Crippen molar-refractivity contribution in [2.24, 2.45) is 5.92 Å². The molecule has 2 aliphatic rings. The first-order valence-corrected chi connectivity index (χ1v) is 10.8. The summed E-state index contributed by atoms with van der Waals surface area (Å²) >= 11 is 0. The number of carbonyl (C=O) groups is 1. The maximum atomic E-state index is 13.0. The lowest BCUT2D eigenvalue weighted by molar-refractivity contribution is 0.108. The van der Waals surface area contributed by atoms with Gasteiger partial charge in [-0.1, -0.05) is 36.4 Å². The van der Waals surface area contributed by atoms with E-state index in [1.54, 1.807) is 7.11 Å². The highest BCUT2D eigenvalue weighted by molar-refractivity contribution is 5.75. The second-order valence-electron chi connectivity index (χ2n) is 8.37. The maximum Gasteiger partial charge on any atom is 0.318 e. The fraction of sp³-hybridized carbons (Fsp3) is 0.458.